The quantitative estimate of drug-likeness (QED) is 0.582. The fourth-order valence-electron chi connectivity index (χ4n) is 1.94. The minimum atomic E-state index is -0.296. The van der Waals surface area contributed by atoms with E-state index < -0.39 is 0 Å². The molecule has 1 aliphatic carbocycles. The van der Waals surface area contributed by atoms with Crippen LogP contribution in [-0.2, 0) is 14.3 Å². The maximum absolute atomic E-state index is 11.3. The van der Waals surface area contributed by atoms with Crippen molar-refractivity contribution in [2.45, 2.75) is 46.1 Å². The van der Waals surface area contributed by atoms with E-state index >= 15 is 0 Å². The number of ether oxygens (including phenoxy) is 1. The number of ketones is 1. The standard InChI is InChI=1S/C10H16O3/c1-7(11)13-9-4-8(12)5-10(2,3)6-9/h9H,4-6H2,1-3H3. The van der Waals surface area contributed by atoms with Crippen molar-refractivity contribution in [3.05, 3.63) is 0 Å². The zero-order valence-corrected chi connectivity index (χ0v) is 8.42. The van der Waals surface area contributed by atoms with E-state index in [-0.39, 0.29) is 23.3 Å². The average molecular weight is 184 g/mol. The fraction of sp³-hybridized carbons (Fsp3) is 0.800. The van der Waals surface area contributed by atoms with Gasteiger partial charge in [-0.2, -0.15) is 0 Å². The number of esters is 1. The molecule has 1 saturated carbocycles. The lowest BCUT2D eigenvalue weighted by molar-refractivity contribution is -0.151. The third-order valence-corrected chi connectivity index (χ3v) is 2.24. The highest BCUT2D eigenvalue weighted by molar-refractivity contribution is 5.81. The van der Waals surface area contributed by atoms with Gasteiger partial charge >= 0.3 is 5.97 Å². The van der Waals surface area contributed by atoms with Crippen LogP contribution in [0.15, 0.2) is 0 Å². The zero-order chi connectivity index (χ0) is 10.1. The summed E-state index contributed by atoms with van der Waals surface area (Å²) in [6.45, 7) is 5.44. The van der Waals surface area contributed by atoms with Gasteiger partial charge in [0.05, 0.1) is 0 Å². The van der Waals surface area contributed by atoms with Crippen LogP contribution in [0.2, 0.25) is 0 Å². The number of rotatable bonds is 1. The molecule has 3 heteroatoms. The number of carbonyl (C=O) groups excluding carboxylic acids is 2. The Morgan fingerprint density at radius 3 is 2.62 bits per heavy atom. The summed E-state index contributed by atoms with van der Waals surface area (Å²) >= 11 is 0. The van der Waals surface area contributed by atoms with E-state index in [4.69, 9.17) is 4.74 Å². The van der Waals surface area contributed by atoms with Crippen molar-refractivity contribution < 1.29 is 14.3 Å². The summed E-state index contributed by atoms with van der Waals surface area (Å²) in [4.78, 5) is 22.0. The maximum atomic E-state index is 11.3. The van der Waals surface area contributed by atoms with Crippen LogP contribution in [0.5, 0.6) is 0 Å². The molecule has 3 nitrogen and oxygen atoms in total. The summed E-state index contributed by atoms with van der Waals surface area (Å²) in [5.41, 5.74) is -0.0184. The van der Waals surface area contributed by atoms with Crippen molar-refractivity contribution in [3.63, 3.8) is 0 Å². The molecule has 0 heterocycles. The lowest BCUT2D eigenvalue weighted by Gasteiger charge is -2.33. The molecule has 1 rings (SSSR count). The third-order valence-electron chi connectivity index (χ3n) is 2.24. The van der Waals surface area contributed by atoms with E-state index in [1.807, 2.05) is 13.8 Å². The molecule has 0 aliphatic heterocycles. The molecule has 0 spiro atoms. The van der Waals surface area contributed by atoms with Crippen molar-refractivity contribution in [2.75, 3.05) is 0 Å². The highest BCUT2D eigenvalue weighted by Crippen LogP contribution is 2.34. The van der Waals surface area contributed by atoms with E-state index in [9.17, 15) is 9.59 Å². The van der Waals surface area contributed by atoms with Gasteiger partial charge in [0, 0.05) is 19.8 Å². The number of hydrogen-bond donors (Lipinski definition) is 0. The molecular weight excluding hydrogens is 168 g/mol. The Kier molecular flexibility index (Phi) is 2.74. The molecule has 1 fully saturated rings. The molecule has 0 aromatic rings. The highest BCUT2D eigenvalue weighted by atomic mass is 16.5. The largest absolute Gasteiger partial charge is 0.462 e. The number of hydrogen-bond acceptors (Lipinski definition) is 3. The van der Waals surface area contributed by atoms with Crippen LogP contribution >= 0.6 is 0 Å². The van der Waals surface area contributed by atoms with Gasteiger partial charge in [-0.25, -0.2) is 0 Å². The Balaban J connectivity index is 2.57. The van der Waals surface area contributed by atoms with Gasteiger partial charge in [-0.3, -0.25) is 9.59 Å². The Hall–Kier alpha value is -0.860. The SMILES string of the molecule is CC(=O)OC1CC(=O)CC(C)(C)C1. The van der Waals surface area contributed by atoms with Gasteiger partial charge in [-0.05, 0) is 11.8 Å². The van der Waals surface area contributed by atoms with Gasteiger partial charge in [0.15, 0.2) is 0 Å². The van der Waals surface area contributed by atoms with Gasteiger partial charge in [-0.1, -0.05) is 13.8 Å². The van der Waals surface area contributed by atoms with Crippen molar-refractivity contribution in [1.82, 2.24) is 0 Å². The Labute approximate surface area is 78.5 Å². The second-order valence-corrected chi connectivity index (χ2v) is 4.52. The minimum absolute atomic E-state index is 0.0184. The van der Waals surface area contributed by atoms with Gasteiger partial charge < -0.3 is 4.74 Å². The van der Waals surface area contributed by atoms with Gasteiger partial charge in [0.1, 0.15) is 11.9 Å². The molecule has 0 aromatic heterocycles. The first kappa shape index (κ1) is 10.2. The lowest BCUT2D eigenvalue weighted by Crippen LogP contribution is -2.34. The smallest absolute Gasteiger partial charge is 0.302 e. The molecule has 0 radical (unpaired) electrons. The molecule has 1 unspecified atom stereocenters. The third kappa shape index (κ3) is 3.17. The summed E-state index contributed by atoms with van der Waals surface area (Å²) in [5, 5.41) is 0. The van der Waals surface area contributed by atoms with Crippen LogP contribution in [-0.4, -0.2) is 17.9 Å². The van der Waals surface area contributed by atoms with Crippen LogP contribution in [0.1, 0.15) is 40.0 Å². The summed E-state index contributed by atoms with van der Waals surface area (Å²) in [7, 11) is 0. The predicted molar refractivity (Wildman–Crippen MR) is 48.2 cm³/mol. The monoisotopic (exact) mass is 184 g/mol. The van der Waals surface area contributed by atoms with E-state index in [0.717, 1.165) is 6.42 Å². The summed E-state index contributed by atoms with van der Waals surface area (Å²) in [5.74, 6) is -0.0991. The van der Waals surface area contributed by atoms with Gasteiger partial charge in [-0.15, -0.1) is 0 Å². The molecule has 0 N–H and O–H groups in total. The van der Waals surface area contributed by atoms with Crippen LogP contribution in [0.4, 0.5) is 0 Å². The Morgan fingerprint density at radius 2 is 2.15 bits per heavy atom. The lowest BCUT2D eigenvalue weighted by atomic mass is 9.75. The summed E-state index contributed by atoms with van der Waals surface area (Å²) < 4.78 is 5.04. The highest BCUT2D eigenvalue weighted by Gasteiger charge is 2.34. The summed E-state index contributed by atoms with van der Waals surface area (Å²) in [6.07, 6.45) is 1.58. The van der Waals surface area contributed by atoms with Crippen molar-refractivity contribution in [3.8, 4) is 0 Å². The molecule has 0 amide bonds. The van der Waals surface area contributed by atoms with Crippen LogP contribution in [0.3, 0.4) is 0 Å². The van der Waals surface area contributed by atoms with Gasteiger partial charge in [0.2, 0.25) is 0 Å². The first-order valence-electron chi connectivity index (χ1n) is 4.58. The first-order chi connectivity index (χ1) is 5.89. The average Bonchev–Trinajstić information content (AvgIpc) is 1.78. The van der Waals surface area contributed by atoms with E-state index in [2.05, 4.69) is 0 Å². The molecule has 0 aromatic carbocycles. The molecular formula is C10H16O3. The van der Waals surface area contributed by atoms with Gasteiger partial charge in [0.25, 0.3) is 0 Å². The predicted octanol–water partition coefficient (Wildman–Crippen LogP) is 1.70. The van der Waals surface area contributed by atoms with Crippen molar-refractivity contribution >= 4 is 11.8 Å². The van der Waals surface area contributed by atoms with Crippen LogP contribution in [0.25, 0.3) is 0 Å². The second-order valence-electron chi connectivity index (χ2n) is 4.52. The minimum Gasteiger partial charge on any atom is -0.462 e. The molecule has 74 valence electrons. The molecule has 13 heavy (non-hydrogen) atoms. The number of carbonyl (C=O) groups is 2. The topological polar surface area (TPSA) is 43.4 Å². The van der Waals surface area contributed by atoms with Crippen LogP contribution < -0.4 is 0 Å². The molecule has 1 atom stereocenters. The zero-order valence-electron chi connectivity index (χ0n) is 8.42. The molecule has 0 bridgehead atoms. The maximum Gasteiger partial charge on any atom is 0.302 e. The summed E-state index contributed by atoms with van der Waals surface area (Å²) in [6, 6.07) is 0. The Bertz CT molecular complexity index is 228. The van der Waals surface area contributed by atoms with E-state index in [0.29, 0.717) is 12.8 Å². The van der Waals surface area contributed by atoms with Crippen LogP contribution in [0, 0.1) is 5.41 Å². The molecule has 1 aliphatic rings. The normalized spacial score (nSPS) is 27.0. The van der Waals surface area contributed by atoms with Crippen molar-refractivity contribution in [2.24, 2.45) is 5.41 Å². The fourth-order valence-corrected chi connectivity index (χ4v) is 1.94. The second kappa shape index (κ2) is 3.48. The Morgan fingerprint density at radius 1 is 1.54 bits per heavy atom. The first-order valence-corrected chi connectivity index (χ1v) is 4.58. The van der Waals surface area contributed by atoms with E-state index in [1.54, 1.807) is 0 Å². The van der Waals surface area contributed by atoms with Crippen molar-refractivity contribution in [1.29, 1.82) is 0 Å². The number of Topliss-reactive ketones (excluding diaryl/α,β-unsaturated/α-hetero) is 1. The van der Waals surface area contributed by atoms with E-state index in [1.165, 1.54) is 6.92 Å². The molecule has 0 saturated heterocycles.